The van der Waals surface area contributed by atoms with E-state index in [0.717, 1.165) is 72.8 Å². The molecule has 6 aromatic carbocycles. The summed E-state index contributed by atoms with van der Waals surface area (Å²) in [7, 11) is -30.0. The van der Waals surface area contributed by atoms with E-state index >= 15 is 0 Å². The fraction of sp³-hybridized carbons (Fsp3) is 0.571. The fourth-order valence-electron chi connectivity index (χ4n) is 16.0. The number of rotatable bonds is 26. The van der Waals surface area contributed by atoms with Crippen molar-refractivity contribution in [2.75, 3.05) is 46.2 Å². The van der Waals surface area contributed by atoms with Gasteiger partial charge in [-0.25, -0.2) is 0 Å². The molecule has 0 unspecified atom stereocenters. The van der Waals surface area contributed by atoms with Gasteiger partial charge >= 0.3 is 0 Å². The molecule has 55 heteroatoms. The number of aliphatic hydroxyl groups excluding tert-OH is 14. The minimum absolute atomic E-state index is 0.498. The summed E-state index contributed by atoms with van der Waals surface area (Å²) in [5.41, 5.74) is 13.1. The van der Waals surface area contributed by atoms with Gasteiger partial charge in [-0.05, 0) is 120 Å². The Kier molecular flexibility index (Phi) is 34.5. The first-order valence-corrected chi connectivity index (χ1v) is 51.5. The third-order valence-electron chi connectivity index (χ3n) is 24.0. The van der Waals surface area contributed by atoms with Gasteiger partial charge in [-0.2, -0.15) is 50.5 Å². The highest BCUT2D eigenvalue weighted by molar-refractivity contribution is 7.88. The van der Waals surface area contributed by atoms with Gasteiger partial charge in [0, 0.05) is 4.91 Å². The quantitative estimate of drug-likeness (QED) is 0.0108. The maximum absolute atomic E-state index is 14.2. The Bertz CT molecular complexity index is 5670. The summed E-state index contributed by atoms with van der Waals surface area (Å²) in [5.74, 6) is 0. The van der Waals surface area contributed by atoms with E-state index < -0.39 is 351 Å². The van der Waals surface area contributed by atoms with E-state index in [-0.39, 0.29) is 0 Å². The van der Waals surface area contributed by atoms with Crippen molar-refractivity contribution >= 4 is 60.7 Å². The number of benzene rings is 6. The van der Waals surface area contributed by atoms with Crippen molar-refractivity contribution in [1.82, 2.24) is 0 Å². The van der Waals surface area contributed by atoms with Crippen molar-refractivity contribution in [2.24, 2.45) is 5.11 Å². The molecule has 0 spiro atoms. The van der Waals surface area contributed by atoms with Crippen LogP contribution in [0.2, 0.25) is 0 Å². The topological polar surface area (TPSA) is 721 Å². The predicted octanol–water partition coefficient (Wildman–Crippen LogP) is -3.58. The number of hydrogen-bond acceptors (Lipinski definition) is 47. The molecule has 21 saturated heterocycles. The molecule has 0 radical (unpaired) electrons. The van der Waals surface area contributed by atoms with Crippen molar-refractivity contribution in [3.8, 4) is 0 Å². The lowest BCUT2D eigenvalue weighted by Gasteiger charge is -2.50. The lowest BCUT2D eigenvalue weighted by molar-refractivity contribution is -0.395. The van der Waals surface area contributed by atoms with E-state index in [9.17, 15) is 128 Å². The second kappa shape index (κ2) is 44.5. The summed E-state index contributed by atoms with van der Waals surface area (Å²) < 4.78 is 289. The lowest BCUT2D eigenvalue weighted by atomic mass is 9.95. The van der Waals surface area contributed by atoms with Crippen LogP contribution in [0.1, 0.15) is 33.4 Å². The van der Waals surface area contributed by atoms with E-state index in [1.807, 2.05) is 0 Å². The summed E-state index contributed by atoms with van der Waals surface area (Å²) in [5, 5.41) is 177. The second-order valence-electron chi connectivity index (χ2n) is 34.1. The van der Waals surface area contributed by atoms with Crippen LogP contribution in [-0.4, -0.2) is 383 Å². The molecule has 0 amide bonds. The smallest absolute Gasteiger partial charge is 0.297 e. The third-order valence-corrected chi connectivity index (χ3v) is 31.8. The van der Waals surface area contributed by atoms with Crippen LogP contribution in [0.3, 0.4) is 0 Å². The summed E-state index contributed by atoms with van der Waals surface area (Å²) >= 11 is 0. The molecule has 21 fully saturated rings. The molecule has 0 aromatic heterocycles. The molecule has 35 atom stereocenters. The normalized spacial score (nSPS) is 36.4. The summed E-state index contributed by atoms with van der Waals surface area (Å²) in [4.78, 5) is -0.331. The molecule has 27 rings (SSSR count). The molecular weight excluding hydrogens is 1980 g/mol. The molecule has 21 aliphatic heterocycles. The maximum atomic E-state index is 14.2. The zero-order valence-corrected chi connectivity index (χ0v) is 79.0. The van der Waals surface area contributed by atoms with E-state index in [0.29, 0.717) is 33.4 Å². The van der Waals surface area contributed by atoms with Crippen LogP contribution in [0, 0.1) is 41.5 Å². The largest absolute Gasteiger partial charge is 0.387 e. The van der Waals surface area contributed by atoms with Gasteiger partial charge in [-0.3, -0.25) is 25.1 Å². The SMILES string of the molecule is Cc1ccc(S(=O)(=O)OC[C@H]2O[C@@H]3O[C@H]4[C@H](O)[C@@H](O)[C@@H](O[C@H]5[C@H](O)[C@@H](O)[C@@H](O[C@H]6[C@H](O)[C@@H](O)[C@@H](O[C@H]7[C@H](O)[C@@H](O)[C@@H](O[C@H]8[C@H](O)[C@@H](O)[C@@H](O[C@H]9[C@H](O)[C@@H](O)[C@@H](O[C@H]2[C@H](O)[C@H]3O)O[C@@H]9CN=[N+]=[N-])O[C@@H]8COS(=O)(=O)c2ccc(C)cc2)O[C@@H]7COS(=O)(=O)c2ccc(C)cc2)O[C@@H]6COS(=O)(=O)c2ccc(C)cc2)O[C@@H]5COS(=O)(=O)c2ccc(C)cc2)O[C@@H]4COS(=O)(=O)c2ccc(C)cc2)cc1. The van der Waals surface area contributed by atoms with Crippen LogP contribution in [0.4, 0.5) is 0 Å². The van der Waals surface area contributed by atoms with E-state index in [4.69, 9.17) is 91.4 Å². The van der Waals surface area contributed by atoms with E-state index in [1.54, 1.807) is 41.5 Å². The molecule has 6 aromatic rings. The van der Waals surface area contributed by atoms with Crippen LogP contribution in [-0.2, 0) is 152 Å². The van der Waals surface area contributed by atoms with Crippen molar-refractivity contribution in [3.63, 3.8) is 0 Å². The Balaban J connectivity index is 0.879. The zero-order valence-electron chi connectivity index (χ0n) is 74.1. The van der Waals surface area contributed by atoms with Gasteiger partial charge < -0.3 is 138 Å². The second-order valence-corrected chi connectivity index (χ2v) is 43.8. The average Bonchev–Trinajstić information content (AvgIpc) is 1.42. The molecule has 768 valence electrons. The van der Waals surface area contributed by atoms with E-state index in [1.165, 1.54) is 72.8 Å². The molecule has 14 N–H and O–H groups in total. The molecular formula is C84H105N3O46S6. The van der Waals surface area contributed by atoms with Gasteiger partial charge in [-0.1, -0.05) is 111 Å². The zero-order chi connectivity index (χ0) is 101. The molecule has 0 aliphatic carbocycles. The molecule has 21 aliphatic rings. The van der Waals surface area contributed by atoms with Crippen molar-refractivity contribution in [3.05, 3.63) is 189 Å². The van der Waals surface area contributed by atoms with Crippen LogP contribution >= 0.6 is 0 Å². The molecule has 139 heavy (non-hydrogen) atoms. The van der Waals surface area contributed by atoms with Crippen LogP contribution < -0.4 is 0 Å². The predicted molar refractivity (Wildman–Crippen MR) is 459 cm³/mol. The van der Waals surface area contributed by atoms with Crippen molar-refractivity contribution in [1.29, 1.82) is 0 Å². The van der Waals surface area contributed by atoms with Crippen LogP contribution in [0.25, 0.3) is 10.4 Å². The Morgan fingerprint density at radius 2 is 0.353 bits per heavy atom. The number of nitrogens with zero attached hydrogens (tertiary/aromatic N) is 3. The first-order chi connectivity index (χ1) is 65.5. The average molecular weight is 2090 g/mol. The van der Waals surface area contributed by atoms with Gasteiger partial charge in [0.15, 0.2) is 44.0 Å². The number of hydrogen-bond donors (Lipinski definition) is 14. The molecule has 14 bridgehead atoms. The third kappa shape index (κ3) is 24.7. The summed E-state index contributed by atoms with van der Waals surface area (Å²) in [6.07, 6.45) is -86.9. The summed E-state index contributed by atoms with van der Waals surface area (Å²) in [6, 6.07) is 29.9. The lowest BCUT2D eigenvalue weighted by Crippen LogP contribution is -2.68. The molecule has 49 nitrogen and oxygen atoms in total. The maximum Gasteiger partial charge on any atom is 0.297 e. The highest BCUT2D eigenvalue weighted by atomic mass is 32.2. The Labute approximate surface area is 796 Å². The number of ether oxygens (including phenoxy) is 14. The minimum Gasteiger partial charge on any atom is -0.387 e. The first-order valence-electron chi connectivity index (χ1n) is 43.0. The van der Waals surface area contributed by atoms with Gasteiger partial charge in [-0.15, -0.1) is 0 Å². The highest BCUT2D eigenvalue weighted by Gasteiger charge is 2.61. The Morgan fingerprint density at radius 1 is 0.223 bits per heavy atom. The van der Waals surface area contributed by atoms with E-state index in [2.05, 4.69) is 10.0 Å². The van der Waals surface area contributed by atoms with Gasteiger partial charge in [0.1, 0.15) is 165 Å². The monoisotopic (exact) mass is 2080 g/mol. The van der Waals surface area contributed by atoms with Crippen LogP contribution in [0.15, 0.2) is 180 Å². The number of azide groups is 1. The molecule has 21 heterocycles. The Morgan fingerprint density at radius 3 is 0.489 bits per heavy atom. The van der Waals surface area contributed by atoms with Crippen molar-refractivity contribution in [2.45, 2.75) is 286 Å². The summed E-state index contributed by atoms with van der Waals surface area (Å²) in [6.45, 7) is 0.495. The first kappa shape index (κ1) is 108. The Hall–Kier alpha value is -7.03. The van der Waals surface area contributed by atoms with Gasteiger partial charge in [0.25, 0.3) is 60.7 Å². The number of aryl methyl sites for hydroxylation is 6. The van der Waals surface area contributed by atoms with Gasteiger partial charge in [0.05, 0.1) is 81.7 Å². The van der Waals surface area contributed by atoms with Gasteiger partial charge in [0.2, 0.25) is 0 Å². The van der Waals surface area contributed by atoms with Crippen molar-refractivity contribution < 1.29 is 213 Å². The fourth-order valence-corrected chi connectivity index (χ4v) is 21.5. The minimum atomic E-state index is -5.01. The standard InChI is InChI=1S/C84H105N3O46S6/c1-38-7-19-44(20-8-38)134(102,103)114-32-51-72-59(90)66(97)80(122-51)130-74-53(34-116-136(106,107)46-23-11-40(3)12-24-46)124-82(68(99)61(74)92)132-76-55(36-118-138(110,111)48-27-15-42(5)16-28-48)126-84(70(101)63(76)94)133-77-56(37-119-139(112,113)49-29-17-43(6)18-30-49)125-83(69(100)62(77)93)131-75-54(35-117-137(108,109)47-25-13-41(4)14-26-47)123-81(67(98)60(75)91)129-73-52(33-115-135(104,105)45-21-9-39(2)10-22-45)121-79(65(96)58(73)89)127-71-50(31-86-87-85)120-78(128-72)64(95)57(71)88/h7-30,50-84,88-101H,31-37H2,1-6H3/t50-,51-,52-,53-,54-,55-,56-,57-,58-,59-,60-,61-,62-,63-,64-,65-,66-,67-,68-,69-,70-,71-,72-,73-,74-,75-,76-,77-,78-,79-,80-,81-,82-,83-,84-/m1/s1. The van der Waals surface area contributed by atoms with Crippen LogP contribution in [0.5, 0.6) is 0 Å². The highest BCUT2D eigenvalue weighted by Crippen LogP contribution is 2.42. The molecule has 0 saturated carbocycles. The number of aliphatic hydroxyl groups is 14.